The number of rotatable bonds is 7. The molecule has 0 saturated carbocycles. The van der Waals surface area contributed by atoms with Crippen molar-refractivity contribution in [2.45, 2.75) is 38.2 Å². The van der Waals surface area contributed by atoms with E-state index in [2.05, 4.69) is 15.5 Å². The largest absolute Gasteiger partial charge is 0.378 e. The minimum absolute atomic E-state index is 0.177. The van der Waals surface area contributed by atoms with Crippen molar-refractivity contribution in [3.63, 3.8) is 0 Å². The molecular formula is C14H27N3O2. The summed E-state index contributed by atoms with van der Waals surface area (Å²) < 4.78 is 5.52. The number of amides is 1. The molecule has 0 aromatic heterocycles. The Morgan fingerprint density at radius 2 is 2.21 bits per heavy atom. The molecule has 2 heterocycles. The van der Waals surface area contributed by atoms with E-state index >= 15 is 0 Å². The smallest absolute Gasteiger partial charge is 0.220 e. The lowest BCUT2D eigenvalue weighted by atomic mass is 10.1. The first-order chi connectivity index (χ1) is 9.34. The normalized spacial score (nSPS) is 24.5. The summed E-state index contributed by atoms with van der Waals surface area (Å²) in [6.45, 7) is 7.21. The van der Waals surface area contributed by atoms with Crippen LogP contribution in [0.15, 0.2) is 0 Å². The van der Waals surface area contributed by atoms with Crippen LogP contribution in [-0.4, -0.2) is 62.8 Å². The van der Waals surface area contributed by atoms with Crippen molar-refractivity contribution in [1.29, 1.82) is 0 Å². The van der Waals surface area contributed by atoms with E-state index in [4.69, 9.17) is 4.74 Å². The van der Waals surface area contributed by atoms with Gasteiger partial charge >= 0.3 is 0 Å². The first-order valence-electron chi connectivity index (χ1n) is 7.66. The second-order valence-electron chi connectivity index (χ2n) is 5.47. The third-order valence-corrected chi connectivity index (χ3v) is 3.90. The topological polar surface area (TPSA) is 53.6 Å². The van der Waals surface area contributed by atoms with Crippen LogP contribution in [-0.2, 0) is 9.53 Å². The molecule has 2 aliphatic rings. The van der Waals surface area contributed by atoms with E-state index in [-0.39, 0.29) is 5.91 Å². The molecule has 5 heteroatoms. The molecule has 1 amide bonds. The second kappa shape index (κ2) is 8.51. The Balaban J connectivity index is 1.44. The Morgan fingerprint density at radius 3 is 2.95 bits per heavy atom. The van der Waals surface area contributed by atoms with Crippen molar-refractivity contribution in [3.05, 3.63) is 0 Å². The Labute approximate surface area is 116 Å². The van der Waals surface area contributed by atoms with E-state index in [1.54, 1.807) is 0 Å². The highest BCUT2D eigenvalue weighted by atomic mass is 16.5. The van der Waals surface area contributed by atoms with Gasteiger partial charge in [0.1, 0.15) is 0 Å². The lowest BCUT2D eigenvalue weighted by Crippen LogP contribution is -2.44. The molecule has 0 bridgehead atoms. The van der Waals surface area contributed by atoms with Gasteiger partial charge in [-0.2, -0.15) is 0 Å². The summed E-state index contributed by atoms with van der Waals surface area (Å²) in [5.74, 6) is 0.177. The van der Waals surface area contributed by atoms with Crippen molar-refractivity contribution in [3.8, 4) is 0 Å². The van der Waals surface area contributed by atoms with E-state index in [1.165, 1.54) is 0 Å². The summed E-state index contributed by atoms with van der Waals surface area (Å²) in [5, 5.41) is 6.35. The average Bonchev–Trinajstić information content (AvgIpc) is 2.96. The van der Waals surface area contributed by atoms with E-state index in [9.17, 15) is 4.79 Å². The number of piperazine rings is 1. The first kappa shape index (κ1) is 14.8. The molecule has 5 nitrogen and oxygen atoms in total. The van der Waals surface area contributed by atoms with Gasteiger partial charge in [-0.15, -0.1) is 0 Å². The zero-order valence-corrected chi connectivity index (χ0v) is 11.8. The van der Waals surface area contributed by atoms with Crippen molar-refractivity contribution >= 4 is 5.91 Å². The number of hydrogen-bond donors (Lipinski definition) is 2. The van der Waals surface area contributed by atoms with E-state index < -0.39 is 0 Å². The van der Waals surface area contributed by atoms with Gasteiger partial charge in [-0.05, 0) is 32.2 Å². The second-order valence-corrected chi connectivity index (χ2v) is 5.47. The molecule has 2 fully saturated rings. The number of nitrogens with one attached hydrogen (secondary N) is 2. The molecular weight excluding hydrogens is 242 g/mol. The van der Waals surface area contributed by atoms with Gasteiger partial charge in [-0.25, -0.2) is 0 Å². The van der Waals surface area contributed by atoms with E-state index in [1.807, 2.05) is 0 Å². The van der Waals surface area contributed by atoms with Gasteiger partial charge in [0.05, 0.1) is 6.10 Å². The maximum absolute atomic E-state index is 11.7. The summed E-state index contributed by atoms with van der Waals surface area (Å²) in [7, 11) is 0. The van der Waals surface area contributed by atoms with Gasteiger partial charge in [-0.1, -0.05) is 0 Å². The van der Waals surface area contributed by atoms with Crippen molar-refractivity contribution < 1.29 is 9.53 Å². The molecule has 0 spiro atoms. The van der Waals surface area contributed by atoms with Gasteiger partial charge in [0.25, 0.3) is 0 Å². The van der Waals surface area contributed by atoms with Crippen LogP contribution < -0.4 is 10.6 Å². The molecule has 19 heavy (non-hydrogen) atoms. The lowest BCUT2D eigenvalue weighted by molar-refractivity contribution is -0.121. The molecule has 2 saturated heterocycles. The van der Waals surface area contributed by atoms with Gasteiger partial charge in [0, 0.05) is 45.8 Å². The molecule has 0 aromatic carbocycles. The molecule has 0 aliphatic carbocycles. The minimum atomic E-state index is 0.177. The fourth-order valence-electron chi connectivity index (χ4n) is 2.72. The van der Waals surface area contributed by atoms with Crippen LogP contribution in [0.3, 0.4) is 0 Å². The molecule has 0 radical (unpaired) electrons. The highest BCUT2D eigenvalue weighted by Gasteiger charge is 2.16. The van der Waals surface area contributed by atoms with Crippen LogP contribution in [0.1, 0.15) is 32.1 Å². The molecule has 110 valence electrons. The third-order valence-electron chi connectivity index (χ3n) is 3.90. The highest BCUT2D eigenvalue weighted by Crippen LogP contribution is 2.16. The predicted octanol–water partition coefficient (Wildman–Crippen LogP) is 0.357. The van der Waals surface area contributed by atoms with Crippen LogP contribution >= 0.6 is 0 Å². The SMILES string of the molecule is O=C(CCC1CCCO1)NCCCN1CCNCC1. The van der Waals surface area contributed by atoms with Gasteiger partial charge < -0.3 is 20.3 Å². The molecule has 2 rings (SSSR count). The lowest BCUT2D eigenvalue weighted by Gasteiger charge is -2.27. The van der Waals surface area contributed by atoms with Crippen molar-refractivity contribution in [2.24, 2.45) is 0 Å². The van der Waals surface area contributed by atoms with E-state index in [0.29, 0.717) is 12.5 Å². The third kappa shape index (κ3) is 5.89. The Kier molecular flexibility index (Phi) is 6.61. The van der Waals surface area contributed by atoms with Crippen LogP contribution in [0.25, 0.3) is 0 Å². The number of nitrogens with zero attached hydrogens (tertiary/aromatic N) is 1. The van der Waals surface area contributed by atoms with Gasteiger partial charge in [0.15, 0.2) is 0 Å². The summed E-state index contributed by atoms with van der Waals surface area (Å²) in [4.78, 5) is 14.1. The van der Waals surface area contributed by atoms with E-state index in [0.717, 1.165) is 71.6 Å². The Hall–Kier alpha value is -0.650. The molecule has 1 atom stereocenters. The summed E-state index contributed by atoms with van der Waals surface area (Å²) in [5.41, 5.74) is 0. The Bertz CT molecular complexity index is 261. The quantitative estimate of drug-likeness (QED) is 0.655. The standard InChI is InChI=1S/C14H27N3O2/c18-14(5-4-13-3-1-12-19-13)16-6-2-9-17-10-7-15-8-11-17/h13,15H,1-12H2,(H,16,18). The summed E-state index contributed by atoms with van der Waals surface area (Å²) in [6, 6.07) is 0. The fourth-order valence-corrected chi connectivity index (χ4v) is 2.72. The first-order valence-corrected chi connectivity index (χ1v) is 7.66. The number of carbonyl (C=O) groups excluding carboxylic acids is 1. The molecule has 2 aliphatic heterocycles. The zero-order chi connectivity index (χ0) is 13.3. The van der Waals surface area contributed by atoms with Crippen LogP contribution in [0.5, 0.6) is 0 Å². The molecule has 2 N–H and O–H groups in total. The maximum atomic E-state index is 11.7. The fraction of sp³-hybridized carbons (Fsp3) is 0.929. The predicted molar refractivity (Wildman–Crippen MR) is 75.1 cm³/mol. The van der Waals surface area contributed by atoms with Crippen molar-refractivity contribution in [2.75, 3.05) is 45.9 Å². The van der Waals surface area contributed by atoms with Crippen LogP contribution in [0.4, 0.5) is 0 Å². The van der Waals surface area contributed by atoms with Crippen LogP contribution in [0.2, 0.25) is 0 Å². The van der Waals surface area contributed by atoms with Crippen LogP contribution in [0, 0.1) is 0 Å². The Morgan fingerprint density at radius 1 is 1.37 bits per heavy atom. The number of hydrogen-bond acceptors (Lipinski definition) is 4. The van der Waals surface area contributed by atoms with Gasteiger partial charge in [0.2, 0.25) is 5.91 Å². The minimum Gasteiger partial charge on any atom is -0.378 e. The zero-order valence-electron chi connectivity index (χ0n) is 11.8. The summed E-state index contributed by atoms with van der Waals surface area (Å²) in [6.07, 6.45) is 5.13. The number of carbonyl (C=O) groups is 1. The maximum Gasteiger partial charge on any atom is 0.220 e. The number of ether oxygens (including phenoxy) is 1. The molecule has 0 aromatic rings. The van der Waals surface area contributed by atoms with Gasteiger partial charge in [-0.3, -0.25) is 4.79 Å². The average molecular weight is 269 g/mol. The monoisotopic (exact) mass is 269 g/mol. The highest BCUT2D eigenvalue weighted by molar-refractivity contribution is 5.75. The summed E-state index contributed by atoms with van der Waals surface area (Å²) >= 11 is 0. The molecule has 1 unspecified atom stereocenters. The van der Waals surface area contributed by atoms with Crippen molar-refractivity contribution in [1.82, 2.24) is 15.5 Å².